The van der Waals surface area contributed by atoms with Gasteiger partial charge in [0.05, 0.1) is 23.8 Å². The third-order valence-corrected chi connectivity index (χ3v) is 3.03. The average molecular weight is 292 g/mol. The van der Waals surface area contributed by atoms with Gasteiger partial charge in [0, 0.05) is 18.0 Å². The van der Waals surface area contributed by atoms with Crippen molar-refractivity contribution in [1.82, 2.24) is 15.0 Å². The minimum Gasteiger partial charge on any atom is -0.275 e. The molecule has 0 saturated carbocycles. The van der Waals surface area contributed by atoms with E-state index in [2.05, 4.69) is 25.5 Å². The molecule has 0 radical (unpaired) electrons. The van der Waals surface area contributed by atoms with E-state index in [4.69, 9.17) is 5.14 Å². The van der Waals surface area contributed by atoms with Gasteiger partial charge in [-0.1, -0.05) is 6.07 Å². The number of nitrogens with zero attached hydrogens (tertiary/aromatic N) is 4. The number of sulfonamides is 1. The number of anilines is 1. The van der Waals surface area contributed by atoms with Crippen LogP contribution < -0.4 is 10.6 Å². The van der Waals surface area contributed by atoms with Crippen molar-refractivity contribution in [2.24, 2.45) is 10.2 Å². The third kappa shape index (κ3) is 3.56. The van der Waals surface area contributed by atoms with Gasteiger partial charge in [0.15, 0.2) is 0 Å². The highest BCUT2D eigenvalue weighted by molar-refractivity contribution is 7.89. The minimum absolute atomic E-state index is 0.434. The molecule has 2 aromatic rings. The van der Waals surface area contributed by atoms with Crippen molar-refractivity contribution in [1.29, 1.82) is 0 Å². The maximum absolute atomic E-state index is 11.0. The number of aromatic nitrogens is 3. The quantitative estimate of drug-likeness (QED) is 0.476. The SMILES string of the molecule is C/C(=N\Nc1cnc(S(N)(=O)=O)nc1)c1cccnc1. The van der Waals surface area contributed by atoms with Gasteiger partial charge in [0.2, 0.25) is 0 Å². The number of hydrogen-bond acceptors (Lipinski definition) is 7. The van der Waals surface area contributed by atoms with Gasteiger partial charge < -0.3 is 0 Å². The van der Waals surface area contributed by atoms with Crippen LogP contribution in [0.25, 0.3) is 0 Å². The van der Waals surface area contributed by atoms with Gasteiger partial charge in [-0.3, -0.25) is 10.4 Å². The van der Waals surface area contributed by atoms with Crippen molar-refractivity contribution >= 4 is 21.4 Å². The number of pyridine rings is 1. The summed E-state index contributed by atoms with van der Waals surface area (Å²) in [6.07, 6.45) is 5.92. The van der Waals surface area contributed by atoms with Gasteiger partial charge in [-0.25, -0.2) is 23.5 Å². The van der Waals surface area contributed by atoms with Gasteiger partial charge >= 0.3 is 0 Å². The van der Waals surface area contributed by atoms with Crippen LogP contribution >= 0.6 is 0 Å². The zero-order chi connectivity index (χ0) is 14.6. The molecular weight excluding hydrogens is 280 g/mol. The first-order valence-corrected chi connectivity index (χ1v) is 7.07. The summed E-state index contributed by atoms with van der Waals surface area (Å²) < 4.78 is 22.0. The maximum Gasteiger partial charge on any atom is 0.273 e. The van der Waals surface area contributed by atoms with Crippen LogP contribution in [0.15, 0.2) is 47.2 Å². The van der Waals surface area contributed by atoms with E-state index in [1.54, 1.807) is 18.5 Å². The van der Waals surface area contributed by atoms with Crippen LogP contribution in [0.2, 0.25) is 0 Å². The Morgan fingerprint density at radius 2 is 2.00 bits per heavy atom. The normalized spacial score (nSPS) is 12.2. The molecule has 0 aliphatic rings. The summed E-state index contributed by atoms with van der Waals surface area (Å²) in [6, 6.07) is 3.67. The van der Waals surface area contributed by atoms with Crippen LogP contribution in [0.5, 0.6) is 0 Å². The molecule has 0 aliphatic heterocycles. The minimum atomic E-state index is -3.89. The molecule has 3 N–H and O–H groups in total. The van der Waals surface area contributed by atoms with Crippen LogP contribution in [-0.2, 0) is 10.0 Å². The van der Waals surface area contributed by atoms with Crippen molar-refractivity contribution in [3.8, 4) is 0 Å². The van der Waals surface area contributed by atoms with Gasteiger partial charge in [0.25, 0.3) is 15.2 Å². The summed E-state index contributed by atoms with van der Waals surface area (Å²) in [4.78, 5) is 11.3. The molecule has 0 fully saturated rings. The fourth-order valence-electron chi connectivity index (χ4n) is 1.31. The Bertz CT molecular complexity index is 712. The number of primary sulfonamides is 1. The first-order valence-electron chi connectivity index (χ1n) is 5.52. The zero-order valence-electron chi connectivity index (χ0n) is 10.6. The van der Waals surface area contributed by atoms with Crippen molar-refractivity contribution < 1.29 is 8.42 Å². The van der Waals surface area contributed by atoms with Gasteiger partial charge in [-0.05, 0) is 13.0 Å². The second kappa shape index (κ2) is 5.72. The molecule has 8 nitrogen and oxygen atoms in total. The smallest absolute Gasteiger partial charge is 0.273 e. The van der Waals surface area contributed by atoms with Gasteiger partial charge in [-0.2, -0.15) is 5.10 Å². The molecule has 2 aromatic heterocycles. The monoisotopic (exact) mass is 292 g/mol. The Hall–Kier alpha value is -2.39. The molecule has 20 heavy (non-hydrogen) atoms. The fourth-order valence-corrected chi connectivity index (χ4v) is 1.71. The molecule has 0 atom stereocenters. The summed E-state index contributed by atoms with van der Waals surface area (Å²) in [7, 11) is -3.89. The van der Waals surface area contributed by atoms with Crippen molar-refractivity contribution in [3.05, 3.63) is 42.5 Å². The Labute approximate surface area is 115 Å². The molecule has 0 bridgehead atoms. The molecule has 0 unspecified atom stereocenters. The molecule has 104 valence electrons. The Morgan fingerprint density at radius 3 is 2.55 bits per heavy atom. The standard InChI is InChI=1S/C11H12N6O2S/c1-8(9-3-2-4-13-5-9)16-17-10-6-14-11(15-7-10)20(12,18)19/h2-7,17H,1H3,(H2,12,18,19)/b16-8+. The lowest BCUT2D eigenvalue weighted by Gasteiger charge is -2.03. The van der Waals surface area contributed by atoms with Gasteiger partial charge in [-0.15, -0.1) is 0 Å². The summed E-state index contributed by atoms with van der Waals surface area (Å²) in [5.41, 5.74) is 4.75. The summed E-state index contributed by atoms with van der Waals surface area (Å²) in [5, 5.41) is 8.59. The van der Waals surface area contributed by atoms with E-state index in [0.717, 1.165) is 5.56 Å². The maximum atomic E-state index is 11.0. The largest absolute Gasteiger partial charge is 0.275 e. The zero-order valence-corrected chi connectivity index (χ0v) is 11.4. The van der Waals surface area contributed by atoms with E-state index in [1.165, 1.54) is 12.4 Å². The molecule has 0 saturated heterocycles. The van der Waals surface area contributed by atoms with E-state index in [1.807, 2.05) is 13.0 Å². The predicted octanol–water partition coefficient (Wildman–Crippen LogP) is 0.355. The number of nitrogens with two attached hydrogens (primary N) is 1. The molecule has 0 aromatic carbocycles. The van der Waals surface area contributed by atoms with Crippen LogP contribution in [0.4, 0.5) is 5.69 Å². The summed E-state index contributed by atoms with van der Waals surface area (Å²) in [5.74, 6) is 0. The summed E-state index contributed by atoms with van der Waals surface area (Å²) >= 11 is 0. The lowest BCUT2D eigenvalue weighted by atomic mass is 10.2. The van der Waals surface area contributed by atoms with E-state index in [0.29, 0.717) is 11.4 Å². The van der Waals surface area contributed by atoms with E-state index < -0.39 is 15.2 Å². The lowest BCUT2D eigenvalue weighted by Crippen LogP contribution is -2.15. The lowest BCUT2D eigenvalue weighted by molar-refractivity contribution is 0.588. The summed E-state index contributed by atoms with van der Waals surface area (Å²) in [6.45, 7) is 1.81. The number of nitrogens with one attached hydrogen (secondary N) is 1. The highest BCUT2D eigenvalue weighted by Gasteiger charge is 2.10. The highest BCUT2D eigenvalue weighted by atomic mass is 32.2. The molecule has 2 heterocycles. The van der Waals surface area contributed by atoms with Gasteiger partial charge in [0.1, 0.15) is 0 Å². The van der Waals surface area contributed by atoms with Crippen molar-refractivity contribution in [2.75, 3.05) is 5.43 Å². The van der Waals surface area contributed by atoms with Crippen LogP contribution in [0.1, 0.15) is 12.5 Å². The highest BCUT2D eigenvalue weighted by Crippen LogP contribution is 2.06. The molecule has 2 rings (SSSR count). The van der Waals surface area contributed by atoms with Crippen LogP contribution in [0.3, 0.4) is 0 Å². The molecule has 0 spiro atoms. The molecule has 0 aliphatic carbocycles. The third-order valence-electron chi connectivity index (χ3n) is 2.31. The average Bonchev–Trinajstić information content (AvgIpc) is 2.45. The van der Waals surface area contributed by atoms with Crippen LogP contribution in [0, 0.1) is 0 Å². The molecule has 0 amide bonds. The Balaban J connectivity index is 2.12. The predicted molar refractivity (Wildman–Crippen MR) is 73.5 cm³/mol. The molecular formula is C11H12N6O2S. The number of hydrogen-bond donors (Lipinski definition) is 2. The van der Waals surface area contributed by atoms with Crippen molar-refractivity contribution in [3.63, 3.8) is 0 Å². The Kier molecular flexibility index (Phi) is 4.01. The first-order chi connectivity index (χ1) is 9.47. The topological polar surface area (TPSA) is 123 Å². The second-order valence-corrected chi connectivity index (χ2v) is 5.31. The second-order valence-electron chi connectivity index (χ2n) is 3.85. The molecule has 9 heteroatoms. The fraction of sp³-hybridized carbons (Fsp3) is 0.0909. The van der Waals surface area contributed by atoms with E-state index >= 15 is 0 Å². The van der Waals surface area contributed by atoms with E-state index in [9.17, 15) is 8.42 Å². The number of rotatable bonds is 4. The van der Waals surface area contributed by atoms with Crippen molar-refractivity contribution in [2.45, 2.75) is 12.1 Å². The first kappa shape index (κ1) is 14.0. The van der Waals surface area contributed by atoms with E-state index in [-0.39, 0.29) is 0 Å². The number of hydrazone groups is 1. The van der Waals surface area contributed by atoms with Crippen LogP contribution in [-0.4, -0.2) is 29.1 Å². The Morgan fingerprint density at radius 1 is 1.30 bits per heavy atom.